The van der Waals surface area contributed by atoms with E-state index in [1.54, 1.807) is 6.20 Å². The fourth-order valence-electron chi connectivity index (χ4n) is 2.25. The fourth-order valence-corrected chi connectivity index (χ4v) is 2.25. The maximum Gasteiger partial charge on any atom is 0.141 e. The lowest BCUT2D eigenvalue weighted by atomic mass is 10.0. The lowest BCUT2D eigenvalue weighted by molar-refractivity contribution is 0.0839. The van der Waals surface area contributed by atoms with E-state index in [1.807, 2.05) is 0 Å². The molecule has 0 bridgehead atoms. The van der Waals surface area contributed by atoms with Gasteiger partial charge in [-0.05, 0) is 31.0 Å². The first-order chi connectivity index (χ1) is 7.79. The second-order valence-electron chi connectivity index (χ2n) is 4.31. The largest absolute Gasteiger partial charge is 0.395 e. The SMILES string of the molecule is OCC1CCCCN1Cc1cncc(F)c1. The number of piperidine rings is 1. The minimum absolute atomic E-state index is 0.183. The van der Waals surface area contributed by atoms with E-state index in [4.69, 9.17) is 0 Å². The van der Waals surface area contributed by atoms with E-state index < -0.39 is 0 Å². The number of hydrogen-bond donors (Lipinski definition) is 1. The molecule has 0 amide bonds. The van der Waals surface area contributed by atoms with Crippen LogP contribution in [0.2, 0.25) is 0 Å². The Hall–Kier alpha value is -1.00. The summed E-state index contributed by atoms with van der Waals surface area (Å²) in [6, 6.07) is 1.73. The lowest BCUT2D eigenvalue weighted by Crippen LogP contribution is -2.41. The molecule has 0 radical (unpaired) electrons. The number of aromatic nitrogens is 1. The van der Waals surface area contributed by atoms with Crippen molar-refractivity contribution in [2.45, 2.75) is 31.8 Å². The highest BCUT2D eigenvalue weighted by Crippen LogP contribution is 2.19. The minimum atomic E-state index is -0.296. The van der Waals surface area contributed by atoms with Gasteiger partial charge in [-0.15, -0.1) is 0 Å². The predicted molar refractivity (Wildman–Crippen MR) is 59.3 cm³/mol. The van der Waals surface area contributed by atoms with Gasteiger partial charge in [-0.25, -0.2) is 4.39 Å². The van der Waals surface area contributed by atoms with Gasteiger partial charge < -0.3 is 5.11 Å². The Morgan fingerprint density at radius 3 is 3.06 bits per heavy atom. The molecule has 0 aliphatic carbocycles. The van der Waals surface area contributed by atoms with E-state index in [2.05, 4.69) is 9.88 Å². The number of likely N-dealkylation sites (tertiary alicyclic amines) is 1. The summed E-state index contributed by atoms with van der Waals surface area (Å²) in [5, 5.41) is 9.26. The molecular weight excluding hydrogens is 207 g/mol. The van der Waals surface area contributed by atoms with E-state index in [0.29, 0.717) is 6.54 Å². The average Bonchev–Trinajstić information content (AvgIpc) is 2.30. The number of nitrogens with zero attached hydrogens (tertiary/aromatic N) is 2. The van der Waals surface area contributed by atoms with Crippen molar-refractivity contribution in [1.82, 2.24) is 9.88 Å². The Kier molecular flexibility index (Phi) is 3.85. The molecule has 4 heteroatoms. The number of aliphatic hydroxyl groups is 1. The molecule has 1 fully saturated rings. The molecular formula is C12H17FN2O. The minimum Gasteiger partial charge on any atom is -0.395 e. The first-order valence-electron chi connectivity index (χ1n) is 5.74. The molecule has 0 aromatic carbocycles. The van der Waals surface area contributed by atoms with Crippen LogP contribution in [0.5, 0.6) is 0 Å². The van der Waals surface area contributed by atoms with Gasteiger partial charge in [-0.3, -0.25) is 9.88 Å². The topological polar surface area (TPSA) is 36.4 Å². The van der Waals surface area contributed by atoms with Gasteiger partial charge in [0.05, 0.1) is 12.8 Å². The molecule has 1 aromatic rings. The van der Waals surface area contributed by atoms with Crippen LogP contribution in [0.4, 0.5) is 4.39 Å². The van der Waals surface area contributed by atoms with Crippen molar-refractivity contribution >= 4 is 0 Å². The summed E-state index contributed by atoms with van der Waals surface area (Å²) in [5.41, 5.74) is 0.875. The Balaban J connectivity index is 2.02. The van der Waals surface area contributed by atoms with E-state index in [-0.39, 0.29) is 18.5 Å². The van der Waals surface area contributed by atoms with E-state index in [0.717, 1.165) is 24.9 Å². The van der Waals surface area contributed by atoms with Crippen LogP contribution in [0.1, 0.15) is 24.8 Å². The smallest absolute Gasteiger partial charge is 0.141 e. The fraction of sp³-hybridized carbons (Fsp3) is 0.583. The number of pyridine rings is 1. The van der Waals surface area contributed by atoms with Gasteiger partial charge in [0, 0.05) is 18.8 Å². The Morgan fingerprint density at radius 1 is 1.44 bits per heavy atom. The highest BCUT2D eigenvalue weighted by atomic mass is 19.1. The van der Waals surface area contributed by atoms with Gasteiger partial charge >= 0.3 is 0 Å². The van der Waals surface area contributed by atoms with Crippen molar-refractivity contribution in [1.29, 1.82) is 0 Å². The van der Waals surface area contributed by atoms with Gasteiger partial charge in [-0.2, -0.15) is 0 Å². The van der Waals surface area contributed by atoms with Gasteiger partial charge in [-0.1, -0.05) is 6.42 Å². The summed E-state index contributed by atoms with van der Waals surface area (Å²) < 4.78 is 13.0. The van der Waals surface area contributed by atoms with Crippen molar-refractivity contribution in [3.05, 3.63) is 29.8 Å². The second-order valence-corrected chi connectivity index (χ2v) is 4.31. The molecule has 1 saturated heterocycles. The van der Waals surface area contributed by atoms with E-state index in [1.165, 1.54) is 18.7 Å². The molecule has 3 nitrogen and oxygen atoms in total. The Labute approximate surface area is 94.9 Å². The van der Waals surface area contributed by atoms with Crippen molar-refractivity contribution in [3.63, 3.8) is 0 Å². The molecule has 1 aliphatic heterocycles. The molecule has 1 unspecified atom stereocenters. The highest BCUT2D eigenvalue weighted by molar-refractivity contribution is 5.10. The summed E-state index contributed by atoms with van der Waals surface area (Å²) >= 11 is 0. The van der Waals surface area contributed by atoms with Crippen LogP contribution in [0.25, 0.3) is 0 Å². The molecule has 1 N–H and O–H groups in total. The predicted octanol–water partition coefficient (Wildman–Crippen LogP) is 1.57. The number of hydrogen-bond acceptors (Lipinski definition) is 3. The Bertz CT molecular complexity index is 346. The van der Waals surface area contributed by atoms with Gasteiger partial charge in [0.15, 0.2) is 0 Å². The summed E-state index contributed by atoms with van der Waals surface area (Å²) in [4.78, 5) is 6.04. The molecule has 0 spiro atoms. The van der Waals surface area contributed by atoms with Crippen LogP contribution in [0, 0.1) is 5.82 Å². The summed E-state index contributed by atoms with van der Waals surface area (Å²) in [6.07, 6.45) is 6.25. The van der Waals surface area contributed by atoms with Crippen molar-refractivity contribution in [3.8, 4) is 0 Å². The lowest BCUT2D eigenvalue weighted by Gasteiger charge is -2.34. The second kappa shape index (κ2) is 5.37. The van der Waals surface area contributed by atoms with Crippen LogP contribution < -0.4 is 0 Å². The normalized spacial score (nSPS) is 22.2. The number of aliphatic hydroxyl groups excluding tert-OH is 1. The molecule has 2 rings (SSSR count). The molecule has 88 valence electrons. The third-order valence-corrected chi connectivity index (χ3v) is 3.11. The third-order valence-electron chi connectivity index (χ3n) is 3.11. The maximum atomic E-state index is 13.0. The van der Waals surface area contributed by atoms with Crippen LogP contribution in [0.15, 0.2) is 18.5 Å². The van der Waals surface area contributed by atoms with Crippen molar-refractivity contribution < 1.29 is 9.50 Å². The van der Waals surface area contributed by atoms with Gasteiger partial charge in [0.25, 0.3) is 0 Å². The zero-order valence-electron chi connectivity index (χ0n) is 9.27. The van der Waals surface area contributed by atoms with E-state index in [9.17, 15) is 9.50 Å². The molecule has 1 aromatic heterocycles. The first kappa shape index (κ1) is 11.5. The standard InChI is InChI=1S/C12H17FN2O/c13-11-5-10(6-14-7-11)8-15-4-2-1-3-12(15)9-16/h5-7,12,16H,1-4,8-9H2. The molecule has 0 saturated carbocycles. The van der Waals surface area contributed by atoms with Crippen LogP contribution in [-0.2, 0) is 6.54 Å². The van der Waals surface area contributed by atoms with Crippen LogP contribution in [0.3, 0.4) is 0 Å². The van der Waals surface area contributed by atoms with Crippen molar-refractivity contribution in [2.75, 3.05) is 13.2 Å². The van der Waals surface area contributed by atoms with Crippen LogP contribution in [-0.4, -0.2) is 34.2 Å². The zero-order chi connectivity index (χ0) is 11.4. The summed E-state index contributed by atoms with van der Waals surface area (Å²) in [5.74, 6) is -0.296. The van der Waals surface area contributed by atoms with Gasteiger partial charge in [0.2, 0.25) is 0 Å². The summed E-state index contributed by atoms with van der Waals surface area (Å²) in [6.45, 7) is 1.83. The molecule has 1 aliphatic rings. The van der Waals surface area contributed by atoms with Crippen LogP contribution >= 0.6 is 0 Å². The van der Waals surface area contributed by atoms with Gasteiger partial charge in [0.1, 0.15) is 5.82 Å². The van der Waals surface area contributed by atoms with E-state index >= 15 is 0 Å². The highest BCUT2D eigenvalue weighted by Gasteiger charge is 2.21. The number of halogens is 1. The zero-order valence-corrected chi connectivity index (χ0v) is 9.27. The molecule has 1 atom stereocenters. The third kappa shape index (κ3) is 2.77. The number of rotatable bonds is 3. The monoisotopic (exact) mass is 224 g/mol. The van der Waals surface area contributed by atoms with Crippen molar-refractivity contribution in [2.24, 2.45) is 0 Å². The molecule has 2 heterocycles. The quantitative estimate of drug-likeness (QED) is 0.846. The molecule has 16 heavy (non-hydrogen) atoms. The maximum absolute atomic E-state index is 13.0. The first-order valence-corrected chi connectivity index (χ1v) is 5.74. The summed E-state index contributed by atoms with van der Waals surface area (Å²) in [7, 11) is 0. The average molecular weight is 224 g/mol. The Morgan fingerprint density at radius 2 is 2.31 bits per heavy atom.